The van der Waals surface area contributed by atoms with Crippen molar-refractivity contribution >= 4 is 33.0 Å². The third kappa shape index (κ3) is 2.39. The van der Waals surface area contributed by atoms with Crippen molar-refractivity contribution in [1.82, 2.24) is 5.32 Å². The topological polar surface area (TPSA) is 29.1 Å². The maximum atomic E-state index is 11.6. The third-order valence-corrected chi connectivity index (χ3v) is 3.75. The highest BCUT2D eigenvalue weighted by molar-refractivity contribution is 9.10. The van der Waals surface area contributed by atoms with Crippen molar-refractivity contribution in [2.24, 2.45) is 0 Å². The first-order chi connectivity index (χ1) is 6.27. The molecule has 0 aliphatic heterocycles. The van der Waals surface area contributed by atoms with Crippen molar-refractivity contribution in [3.63, 3.8) is 0 Å². The van der Waals surface area contributed by atoms with Crippen molar-refractivity contribution in [3.8, 4) is 0 Å². The van der Waals surface area contributed by atoms with Crippen molar-refractivity contribution in [2.75, 3.05) is 6.54 Å². The minimum Gasteiger partial charge on any atom is -0.307 e. The number of carbonyl (C=O) groups excluding carboxylic acids is 1. The number of Topliss-reactive ketones (excluding diaryl/α,β-unsaturated/α-hetero) is 1. The first kappa shape index (κ1) is 9.37. The predicted octanol–water partition coefficient (Wildman–Crippen LogP) is 2.45. The molecule has 1 saturated carbocycles. The molecule has 1 aromatic rings. The van der Waals surface area contributed by atoms with Crippen LogP contribution in [0, 0.1) is 0 Å². The summed E-state index contributed by atoms with van der Waals surface area (Å²) in [6.07, 6.45) is 2.44. The first-order valence-electron chi connectivity index (χ1n) is 4.25. The summed E-state index contributed by atoms with van der Waals surface area (Å²) in [7, 11) is 0. The van der Waals surface area contributed by atoms with Crippen LogP contribution in [0.3, 0.4) is 0 Å². The molecule has 1 heterocycles. The molecule has 0 unspecified atom stereocenters. The molecule has 0 saturated heterocycles. The molecule has 0 aromatic carbocycles. The van der Waals surface area contributed by atoms with Gasteiger partial charge < -0.3 is 5.32 Å². The lowest BCUT2D eigenvalue weighted by Gasteiger charge is -2.00. The van der Waals surface area contributed by atoms with Crippen LogP contribution in [0.2, 0.25) is 0 Å². The zero-order valence-electron chi connectivity index (χ0n) is 7.05. The quantitative estimate of drug-likeness (QED) is 0.842. The van der Waals surface area contributed by atoms with E-state index in [-0.39, 0.29) is 5.78 Å². The van der Waals surface area contributed by atoms with Crippen LogP contribution < -0.4 is 5.32 Å². The molecule has 0 spiro atoms. The molecule has 0 bridgehead atoms. The molecule has 1 fully saturated rings. The zero-order valence-corrected chi connectivity index (χ0v) is 9.45. The minimum absolute atomic E-state index is 0.181. The fourth-order valence-electron chi connectivity index (χ4n) is 1.10. The Hall–Kier alpha value is -0.190. The van der Waals surface area contributed by atoms with Crippen molar-refractivity contribution in [2.45, 2.75) is 18.9 Å². The lowest BCUT2D eigenvalue weighted by molar-refractivity contribution is 0.0990. The molecule has 1 aromatic heterocycles. The first-order valence-corrected chi connectivity index (χ1v) is 5.99. The minimum atomic E-state index is 0.181. The summed E-state index contributed by atoms with van der Waals surface area (Å²) in [5.74, 6) is 0.181. The molecule has 1 aliphatic carbocycles. The highest BCUT2D eigenvalue weighted by Crippen LogP contribution is 2.22. The third-order valence-electron chi connectivity index (χ3n) is 2.04. The van der Waals surface area contributed by atoms with E-state index in [1.165, 1.54) is 12.8 Å². The Morgan fingerprint density at radius 3 is 2.92 bits per heavy atom. The van der Waals surface area contributed by atoms with E-state index < -0.39 is 0 Å². The zero-order chi connectivity index (χ0) is 9.26. The van der Waals surface area contributed by atoms with Crippen molar-refractivity contribution in [1.29, 1.82) is 0 Å². The standard InChI is InChI=1S/C9H10BrNOS/c10-8-5-13-4-7(8)9(12)3-11-6-1-2-6/h4-6,11H,1-3H2. The molecule has 0 radical (unpaired) electrons. The maximum Gasteiger partial charge on any atom is 0.178 e. The van der Waals surface area contributed by atoms with Gasteiger partial charge in [0.2, 0.25) is 0 Å². The number of hydrogen-bond acceptors (Lipinski definition) is 3. The van der Waals surface area contributed by atoms with Crippen LogP contribution >= 0.6 is 27.3 Å². The Bertz CT molecular complexity index is 319. The second kappa shape index (κ2) is 3.90. The highest BCUT2D eigenvalue weighted by Gasteiger charge is 2.22. The molecular formula is C9H10BrNOS. The highest BCUT2D eigenvalue weighted by atomic mass is 79.9. The Balaban J connectivity index is 1.92. The van der Waals surface area contributed by atoms with Crippen LogP contribution in [-0.4, -0.2) is 18.4 Å². The summed E-state index contributed by atoms with van der Waals surface area (Å²) in [6, 6.07) is 0.598. The molecular weight excluding hydrogens is 250 g/mol. The lowest BCUT2D eigenvalue weighted by Crippen LogP contribution is -2.24. The van der Waals surface area contributed by atoms with Crippen LogP contribution in [0.4, 0.5) is 0 Å². The van der Waals surface area contributed by atoms with Gasteiger partial charge in [-0.3, -0.25) is 4.79 Å². The van der Waals surface area contributed by atoms with E-state index in [2.05, 4.69) is 21.2 Å². The van der Waals surface area contributed by atoms with E-state index >= 15 is 0 Å². The number of carbonyl (C=O) groups is 1. The van der Waals surface area contributed by atoms with Gasteiger partial charge in [0.05, 0.1) is 6.54 Å². The van der Waals surface area contributed by atoms with E-state index in [4.69, 9.17) is 0 Å². The Morgan fingerprint density at radius 1 is 1.62 bits per heavy atom. The average Bonchev–Trinajstić information content (AvgIpc) is 2.84. The molecule has 2 rings (SSSR count). The molecule has 0 atom stereocenters. The smallest absolute Gasteiger partial charge is 0.178 e. The van der Waals surface area contributed by atoms with Crippen molar-refractivity contribution in [3.05, 3.63) is 20.8 Å². The fourth-order valence-corrected chi connectivity index (χ4v) is 2.62. The Labute approximate surface area is 89.5 Å². The number of thiophene rings is 1. The SMILES string of the molecule is O=C(CNC1CC1)c1cscc1Br. The van der Waals surface area contributed by atoms with Gasteiger partial charge in [-0.2, -0.15) is 11.3 Å². The predicted molar refractivity (Wildman–Crippen MR) is 57.4 cm³/mol. The molecule has 1 N–H and O–H groups in total. The van der Waals surface area contributed by atoms with E-state index in [0.29, 0.717) is 12.6 Å². The van der Waals surface area contributed by atoms with Crippen molar-refractivity contribution < 1.29 is 4.79 Å². The van der Waals surface area contributed by atoms with E-state index in [0.717, 1.165) is 10.0 Å². The van der Waals surface area contributed by atoms with Crippen LogP contribution in [0.1, 0.15) is 23.2 Å². The van der Waals surface area contributed by atoms with E-state index in [1.807, 2.05) is 10.8 Å². The Morgan fingerprint density at radius 2 is 2.38 bits per heavy atom. The summed E-state index contributed by atoms with van der Waals surface area (Å²) in [5, 5.41) is 7.03. The van der Waals surface area contributed by atoms with Gasteiger partial charge in [0, 0.05) is 26.8 Å². The van der Waals surface area contributed by atoms with Crippen LogP contribution in [-0.2, 0) is 0 Å². The number of halogens is 1. The summed E-state index contributed by atoms with van der Waals surface area (Å²) >= 11 is 4.90. The van der Waals surface area contributed by atoms with Gasteiger partial charge in [0.15, 0.2) is 5.78 Å². The van der Waals surface area contributed by atoms with E-state index in [1.54, 1.807) is 11.3 Å². The van der Waals surface area contributed by atoms with Gasteiger partial charge in [-0.25, -0.2) is 0 Å². The number of rotatable bonds is 4. The van der Waals surface area contributed by atoms with Gasteiger partial charge in [-0.05, 0) is 28.8 Å². The maximum absolute atomic E-state index is 11.6. The fraction of sp³-hybridized carbons (Fsp3) is 0.444. The molecule has 13 heavy (non-hydrogen) atoms. The summed E-state index contributed by atoms with van der Waals surface area (Å²) in [5.41, 5.74) is 0.804. The molecule has 70 valence electrons. The van der Waals surface area contributed by atoms with Gasteiger partial charge in [-0.15, -0.1) is 0 Å². The molecule has 4 heteroatoms. The second-order valence-electron chi connectivity index (χ2n) is 3.21. The van der Waals surface area contributed by atoms with Crippen LogP contribution in [0.25, 0.3) is 0 Å². The molecule has 0 amide bonds. The Kier molecular flexibility index (Phi) is 2.81. The lowest BCUT2D eigenvalue weighted by atomic mass is 10.2. The second-order valence-corrected chi connectivity index (χ2v) is 4.81. The van der Waals surface area contributed by atoms with Gasteiger partial charge in [0.1, 0.15) is 0 Å². The molecule has 1 aliphatic rings. The summed E-state index contributed by atoms with van der Waals surface area (Å²) < 4.78 is 0.917. The number of ketones is 1. The average molecular weight is 260 g/mol. The molecule has 2 nitrogen and oxygen atoms in total. The van der Waals surface area contributed by atoms with E-state index in [9.17, 15) is 4.79 Å². The van der Waals surface area contributed by atoms with Crippen LogP contribution in [0.5, 0.6) is 0 Å². The van der Waals surface area contributed by atoms with Gasteiger partial charge >= 0.3 is 0 Å². The summed E-state index contributed by atoms with van der Waals surface area (Å²) in [6.45, 7) is 0.472. The van der Waals surface area contributed by atoms with Gasteiger partial charge in [0.25, 0.3) is 0 Å². The summed E-state index contributed by atoms with van der Waals surface area (Å²) in [4.78, 5) is 11.6. The number of hydrogen-bond donors (Lipinski definition) is 1. The van der Waals surface area contributed by atoms with Crippen LogP contribution in [0.15, 0.2) is 15.2 Å². The monoisotopic (exact) mass is 259 g/mol. The van der Waals surface area contributed by atoms with Gasteiger partial charge in [-0.1, -0.05) is 0 Å². The largest absolute Gasteiger partial charge is 0.307 e. The number of nitrogens with one attached hydrogen (secondary N) is 1. The normalized spacial score (nSPS) is 16.1.